The number of aryl methyl sites for hydroxylation is 2. The molecular formula is C10H11NO3. The minimum Gasteiger partial charge on any atom is -0.507 e. The smallest absolute Gasteiger partial charge is 0.235 e. The molecule has 0 bridgehead atoms. The van der Waals surface area contributed by atoms with Crippen LogP contribution < -0.4 is 0 Å². The van der Waals surface area contributed by atoms with Crippen LogP contribution in [0.5, 0.6) is 5.75 Å². The average Bonchev–Trinajstić information content (AvgIpc) is 2.10. The van der Waals surface area contributed by atoms with E-state index in [0.29, 0.717) is 11.1 Å². The molecule has 0 spiro atoms. The summed E-state index contributed by atoms with van der Waals surface area (Å²) >= 11 is 0. The molecule has 1 aromatic rings. The van der Waals surface area contributed by atoms with Gasteiger partial charge < -0.3 is 5.11 Å². The Morgan fingerprint density at radius 1 is 1.36 bits per heavy atom. The van der Waals surface area contributed by atoms with Crippen LogP contribution >= 0.6 is 0 Å². The van der Waals surface area contributed by atoms with Crippen LogP contribution in [0, 0.1) is 24.0 Å². The zero-order chi connectivity index (χ0) is 10.7. The highest BCUT2D eigenvalue weighted by atomic mass is 16.6. The number of nitro groups is 1. The van der Waals surface area contributed by atoms with Crippen LogP contribution in [0.25, 0.3) is 6.08 Å². The number of phenols is 1. The highest BCUT2D eigenvalue weighted by Gasteiger charge is 2.01. The van der Waals surface area contributed by atoms with Gasteiger partial charge in [0.2, 0.25) is 6.20 Å². The van der Waals surface area contributed by atoms with Crippen molar-refractivity contribution in [3.8, 4) is 5.75 Å². The van der Waals surface area contributed by atoms with Crippen molar-refractivity contribution in [1.82, 2.24) is 0 Å². The SMILES string of the molecule is Cc1cc(C=C[N+](=O)[O-])cc(C)c1O. The summed E-state index contributed by atoms with van der Waals surface area (Å²) in [5.74, 6) is 0.239. The Labute approximate surface area is 81.6 Å². The summed E-state index contributed by atoms with van der Waals surface area (Å²) in [5, 5.41) is 19.5. The molecule has 74 valence electrons. The molecule has 4 nitrogen and oxygen atoms in total. The lowest BCUT2D eigenvalue weighted by Crippen LogP contribution is -1.85. The predicted molar refractivity (Wildman–Crippen MR) is 53.6 cm³/mol. The third kappa shape index (κ3) is 2.32. The Morgan fingerprint density at radius 3 is 2.29 bits per heavy atom. The summed E-state index contributed by atoms with van der Waals surface area (Å²) in [6, 6.07) is 3.39. The molecule has 0 aromatic heterocycles. The molecule has 4 heteroatoms. The summed E-state index contributed by atoms with van der Waals surface area (Å²) in [4.78, 5) is 9.56. The lowest BCUT2D eigenvalue weighted by molar-refractivity contribution is -0.400. The van der Waals surface area contributed by atoms with Gasteiger partial charge in [-0.3, -0.25) is 10.1 Å². The van der Waals surface area contributed by atoms with Crippen molar-refractivity contribution in [3.63, 3.8) is 0 Å². The van der Waals surface area contributed by atoms with Crippen LogP contribution in [0.3, 0.4) is 0 Å². The standard InChI is InChI=1S/C10H11NO3/c1-7-5-9(3-4-11(13)14)6-8(2)10(7)12/h3-6,12H,1-2H3. The normalized spacial score (nSPS) is 10.7. The largest absolute Gasteiger partial charge is 0.507 e. The number of benzene rings is 1. The number of hydrogen-bond donors (Lipinski definition) is 1. The van der Waals surface area contributed by atoms with Crippen molar-refractivity contribution >= 4 is 6.08 Å². The van der Waals surface area contributed by atoms with Gasteiger partial charge in [0.25, 0.3) is 0 Å². The second-order valence-corrected chi connectivity index (χ2v) is 3.10. The fourth-order valence-corrected chi connectivity index (χ4v) is 1.23. The average molecular weight is 193 g/mol. The maximum atomic E-state index is 10.1. The number of aromatic hydroxyl groups is 1. The summed E-state index contributed by atoms with van der Waals surface area (Å²) in [5.41, 5.74) is 2.15. The van der Waals surface area contributed by atoms with Gasteiger partial charge in [-0.2, -0.15) is 0 Å². The Bertz CT molecular complexity index is 373. The molecule has 0 radical (unpaired) electrons. The summed E-state index contributed by atoms with van der Waals surface area (Å²) in [6.07, 6.45) is 2.28. The number of hydrogen-bond acceptors (Lipinski definition) is 3. The van der Waals surface area contributed by atoms with E-state index in [1.165, 1.54) is 6.08 Å². The maximum absolute atomic E-state index is 10.1. The van der Waals surface area contributed by atoms with Crippen LogP contribution in [0.15, 0.2) is 18.3 Å². The van der Waals surface area contributed by atoms with E-state index in [0.717, 1.165) is 11.8 Å². The lowest BCUT2D eigenvalue weighted by atomic mass is 10.1. The van der Waals surface area contributed by atoms with E-state index in [2.05, 4.69) is 0 Å². The molecule has 0 fully saturated rings. The van der Waals surface area contributed by atoms with Crippen molar-refractivity contribution in [2.24, 2.45) is 0 Å². The second-order valence-electron chi connectivity index (χ2n) is 3.10. The molecule has 14 heavy (non-hydrogen) atoms. The minimum absolute atomic E-state index is 0.239. The van der Waals surface area contributed by atoms with Gasteiger partial charge >= 0.3 is 0 Å². The van der Waals surface area contributed by atoms with Crippen LogP contribution in [-0.2, 0) is 0 Å². The first-order valence-electron chi connectivity index (χ1n) is 4.12. The predicted octanol–water partition coefficient (Wildman–Crippen LogP) is 2.26. The molecule has 0 saturated heterocycles. The zero-order valence-electron chi connectivity index (χ0n) is 8.02. The Balaban J connectivity index is 3.07. The van der Waals surface area contributed by atoms with E-state index >= 15 is 0 Å². The molecule has 0 amide bonds. The van der Waals surface area contributed by atoms with Gasteiger partial charge in [-0.1, -0.05) is 0 Å². The van der Waals surface area contributed by atoms with Gasteiger partial charge in [0.1, 0.15) is 5.75 Å². The third-order valence-electron chi connectivity index (χ3n) is 1.90. The van der Waals surface area contributed by atoms with E-state index in [-0.39, 0.29) is 5.75 Å². The molecule has 1 N–H and O–H groups in total. The molecule has 0 aliphatic heterocycles. The van der Waals surface area contributed by atoms with Crippen molar-refractivity contribution in [2.75, 3.05) is 0 Å². The van der Waals surface area contributed by atoms with Gasteiger partial charge in [0.05, 0.1) is 4.92 Å². The Hall–Kier alpha value is -1.84. The molecule has 1 rings (SSSR count). The van der Waals surface area contributed by atoms with Crippen LogP contribution in [0.4, 0.5) is 0 Å². The van der Waals surface area contributed by atoms with Gasteiger partial charge in [0.15, 0.2) is 0 Å². The minimum atomic E-state index is -0.516. The first-order chi connectivity index (χ1) is 6.50. The van der Waals surface area contributed by atoms with E-state index in [1.807, 2.05) is 0 Å². The topological polar surface area (TPSA) is 63.4 Å². The summed E-state index contributed by atoms with van der Waals surface area (Å²) in [6.45, 7) is 3.51. The lowest BCUT2D eigenvalue weighted by Gasteiger charge is -2.03. The molecule has 1 aromatic carbocycles. The van der Waals surface area contributed by atoms with Crippen molar-refractivity contribution < 1.29 is 10.0 Å². The first kappa shape index (κ1) is 10.2. The van der Waals surface area contributed by atoms with Crippen molar-refractivity contribution in [2.45, 2.75) is 13.8 Å². The van der Waals surface area contributed by atoms with Crippen LogP contribution in [0.1, 0.15) is 16.7 Å². The highest BCUT2D eigenvalue weighted by molar-refractivity contribution is 5.54. The fourth-order valence-electron chi connectivity index (χ4n) is 1.23. The van der Waals surface area contributed by atoms with E-state index < -0.39 is 4.92 Å². The molecule has 0 aliphatic carbocycles. The van der Waals surface area contributed by atoms with Crippen LogP contribution in [0.2, 0.25) is 0 Å². The third-order valence-corrected chi connectivity index (χ3v) is 1.90. The highest BCUT2D eigenvalue weighted by Crippen LogP contribution is 2.23. The van der Waals surface area contributed by atoms with Crippen molar-refractivity contribution in [1.29, 1.82) is 0 Å². The van der Waals surface area contributed by atoms with Crippen LogP contribution in [-0.4, -0.2) is 10.0 Å². The van der Waals surface area contributed by atoms with Gasteiger partial charge in [-0.25, -0.2) is 0 Å². The number of rotatable bonds is 2. The molecule has 0 atom stereocenters. The molecular weight excluding hydrogens is 182 g/mol. The maximum Gasteiger partial charge on any atom is 0.235 e. The Morgan fingerprint density at radius 2 is 1.86 bits per heavy atom. The molecule has 0 saturated carbocycles. The first-order valence-corrected chi connectivity index (χ1v) is 4.12. The number of phenolic OH excluding ortho intramolecular Hbond substituents is 1. The van der Waals surface area contributed by atoms with Crippen molar-refractivity contribution in [3.05, 3.63) is 45.1 Å². The van der Waals surface area contributed by atoms with E-state index in [1.54, 1.807) is 26.0 Å². The Kier molecular flexibility index (Phi) is 2.86. The van der Waals surface area contributed by atoms with Gasteiger partial charge in [-0.05, 0) is 42.7 Å². The van der Waals surface area contributed by atoms with E-state index in [4.69, 9.17) is 0 Å². The fraction of sp³-hybridized carbons (Fsp3) is 0.200. The second kappa shape index (κ2) is 3.91. The monoisotopic (exact) mass is 193 g/mol. The summed E-state index contributed by atoms with van der Waals surface area (Å²) in [7, 11) is 0. The van der Waals surface area contributed by atoms with Gasteiger partial charge in [0, 0.05) is 6.08 Å². The molecule has 0 unspecified atom stereocenters. The molecule has 0 heterocycles. The van der Waals surface area contributed by atoms with E-state index in [9.17, 15) is 15.2 Å². The quantitative estimate of drug-likeness (QED) is 0.578. The zero-order valence-corrected chi connectivity index (χ0v) is 8.02. The number of nitrogens with zero attached hydrogens (tertiary/aromatic N) is 1. The summed E-state index contributed by atoms with van der Waals surface area (Å²) < 4.78 is 0. The van der Waals surface area contributed by atoms with Gasteiger partial charge in [-0.15, -0.1) is 0 Å². The molecule has 0 aliphatic rings.